The van der Waals surface area contributed by atoms with Crippen molar-refractivity contribution in [2.45, 2.75) is 24.6 Å². The third kappa shape index (κ3) is 2.80. The Morgan fingerprint density at radius 3 is 3.12 bits per heavy atom. The molecule has 1 aliphatic rings. The first-order valence-electron chi connectivity index (χ1n) is 5.39. The zero-order chi connectivity index (χ0) is 11.5. The smallest absolute Gasteiger partial charge is 0.241 e. The van der Waals surface area contributed by atoms with Gasteiger partial charge in [-0.2, -0.15) is 4.98 Å². The second kappa shape index (κ2) is 4.80. The molecule has 0 aliphatic heterocycles. The number of hydrogen-bond donors (Lipinski definition) is 1. The van der Waals surface area contributed by atoms with E-state index in [2.05, 4.69) is 24.8 Å². The minimum absolute atomic E-state index is 0.478. The molecule has 17 heavy (non-hydrogen) atoms. The summed E-state index contributed by atoms with van der Waals surface area (Å²) in [6, 6.07) is 0. The molecule has 88 valence electrons. The average Bonchev–Trinajstić information content (AvgIpc) is 3.07. The van der Waals surface area contributed by atoms with Gasteiger partial charge in [-0.3, -0.25) is 9.71 Å². The van der Waals surface area contributed by atoms with Gasteiger partial charge in [0.1, 0.15) is 5.69 Å². The highest BCUT2D eigenvalue weighted by Crippen LogP contribution is 2.31. The van der Waals surface area contributed by atoms with Crippen LogP contribution in [0.15, 0.2) is 23.1 Å². The molecule has 1 saturated carbocycles. The van der Waals surface area contributed by atoms with E-state index in [4.69, 9.17) is 4.52 Å². The van der Waals surface area contributed by atoms with Gasteiger partial charge in [0.05, 0.1) is 12.7 Å². The highest BCUT2D eigenvalue weighted by molar-refractivity contribution is 7.98. The Morgan fingerprint density at radius 2 is 2.35 bits per heavy atom. The van der Waals surface area contributed by atoms with Gasteiger partial charge in [-0.25, -0.2) is 4.98 Å². The topological polar surface area (TPSA) is 76.7 Å². The van der Waals surface area contributed by atoms with Gasteiger partial charge in [-0.1, -0.05) is 17.1 Å². The van der Waals surface area contributed by atoms with Gasteiger partial charge < -0.3 is 4.52 Å². The molecule has 6 nitrogen and oxygen atoms in total. The molecule has 2 heterocycles. The van der Waals surface area contributed by atoms with Crippen LogP contribution in [0.5, 0.6) is 0 Å². The Balaban J connectivity index is 1.61. The molecule has 0 atom stereocenters. The van der Waals surface area contributed by atoms with Crippen molar-refractivity contribution in [3.05, 3.63) is 24.5 Å². The summed E-state index contributed by atoms with van der Waals surface area (Å²) in [5, 5.41) is 4.62. The van der Waals surface area contributed by atoms with Gasteiger partial charge >= 0.3 is 0 Å². The minimum Gasteiger partial charge on any atom is -0.337 e. The number of hydrogen-bond acceptors (Lipinski definition) is 7. The Morgan fingerprint density at radius 1 is 1.41 bits per heavy atom. The summed E-state index contributed by atoms with van der Waals surface area (Å²) < 4.78 is 8.33. The van der Waals surface area contributed by atoms with E-state index in [1.54, 1.807) is 30.5 Å². The molecule has 2 aromatic heterocycles. The summed E-state index contributed by atoms with van der Waals surface area (Å²) in [5.74, 6) is 1.05. The standard InChI is InChI=1S/C10H11N5OS/c1-2-7(1)17-13-6-9-14-10(15-16-9)8-5-11-3-4-12-8/h3-5,7,13H,1-2,6H2. The van der Waals surface area contributed by atoms with Crippen molar-refractivity contribution in [2.24, 2.45) is 0 Å². The third-order valence-electron chi connectivity index (χ3n) is 2.26. The zero-order valence-corrected chi connectivity index (χ0v) is 9.85. The van der Waals surface area contributed by atoms with Crippen LogP contribution in [0.25, 0.3) is 11.5 Å². The van der Waals surface area contributed by atoms with Crippen LogP contribution in [0.2, 0.25) is 0 Å². The zero-order valence-electron chi connectivity index (χ0n) is 9.04. The van der Waals surface area contributed by atoms with Crippen LogP contribution in [-0.2, 0) is 6.54 Å². The maximum atomic E-state index is 5.12. The van der Waals surface area contributed by atoms with Crippen LogP contribution in [0.1, 0.15) is 18.7 Å². The predicted octanol–water partition coefficient (Wildman–Crippen LogP) is 1.43. The molecule has 3 rings (SSSR count). The Hall–Kier alpha value is -1.47. The van der Waals surface area contributed by atoms with Gasteiger partial charge in [-0.15, -0.1) is 0 Å². The van der Waals surface area contributed by atoms with E-state index in [0.29, 0.717) is 24.0 Å². The average molecular weight is 249 g/mol. The van der Waals surface area contributed by atoms with Crippen molar-refractivity contribution >= 4 is 11.9 Å². The summed E-state index contributed by atoms with van der Waals surface area (Å²) in [5.41, 5.74) is 0.623. The first-order valence-corrected chi connectivity index (χ1v) is 6.27. The molecule has 1 fully saturated rings. The molecule has 7 heteroatoms. The number of nitrogens with one attached hydrogen (secondary N) is 1. The minimum atomic E-state index is 0.478. The quantitative estimate of drug-likeness (QED) is 0.803. The van der Waals surface area contributed by atoms with Crippen LogP contribution in [0.4, 0.5) is 0 Å². The number of rotatable bonds is 5. The molecule has 0 spiro atoms. The van der Waals surface area contributed by atoms with E-state index in [1.165, 1.54) is 12.8 Å². The van der Waals surface area contributed by atoms with Crippen LogP contribution < -0.4 is 4.72 Å². The molecule has 0 aromatic carbocycles. The highest BCUT2D eigenvalue weighted by atomic mass is 32.2. The molecule has 1 aliphatic carbocycles. The predicted molar refractivity (Wildman–Crippen MR) is 62.8 cm³/mol. The van der Waals surface area contributed by atoms with Crippen LogP contribution in [-0.4, -0.2) is 25.4 Å². The lowest BCUT2D eigenvalue weighted by Gasteiger charge is -1.96. The van der Waals surface area contributed by atoms with E-state index in [0.717, 1.165) is 5.25 Å². The molecule has 1 N–H and O–H groups in total. The van der Waals surface area contributed by atoms with E-state index in [9.17, 15) is 0 Å². The molecule has 0 amide bonds. The van der Waals surface area contributed by atoms with Crippen molar-refractivity contribution in [1.29, 1.82) is 0 Å². The van der Waals surface area contributed by atoms with Gasteiger partial charge in [-0.05, 0) is 12.8 Å². The van der Waals surface area contributed by atoms with Crippen molar-refractivity contribution in [3.63, 3.8) is 0 Å². The van der Waals surface area contributed by atoms with Gasteiger partial charge in [0.2, 0.25) is 11.7 Å². The van der Waals surface area contributed by atoms with Crippen molar-refractivity contribution in [3.8, 4) is 11.5 Å². The molecule has 0 saturated heterocycles. The number of nitrogens with zero attached hydrogens (tertiary/aromatic N) is 4. The molecular formula is C10H11N5OS. The van der Waals surface area contributed by atoms with Crippen molar-refractivity contribution in [2.75, 3.05) is 0 Å². The van der Waals surface area contributed by atoms with E-state index in [1.807, 2.05) is 0 Å². The summed E-state index contributed by atoms with van der Waals surface area (Å²) in [6.07, 6.45) is 7.42. The molecule has 0 radical (unpaired) electrons. The first-order chi connectivity index (χ1) is 8.42. The van der Waals surface area contributed by atoms with Gasteiger partial charge in [0, 0.05) is 17.6 Å². The Bertz CT molecular complexity index is 484. The molecule has 2 aromatic rings. The first kappa shape index (κ1) is 10.7. The summed E-state index contributed by atoms with van der Waals surface area (Å²) in [6.45, 7) is 0.578. The number of aromatic nitrogens is 4. The lowest BCUT2D eigenvalue weighted by molar-refractivity contribution is 0.377. The Kier molecular flexibility index (Phi) is 3.02. The fraction of sp³-hybridized carbons (Fsp3) is 0.400. The fourth-order valence-corrected chi connectivity index (χ4v) is 2.07. The van der Waals surface area contributed by atoms with Gasteiger partial charge in [0.15, 0.2) is 0 Å². The van der Waals surface area contributed by atoms with Crippen LogP contribution >= 0.6 is 11.9 Å². The molecule has 0 unspecified atom stereocenters. The highest BCUT2D eigenvalue weighted by Gasteiger charge is 2.22. The third-order valence-corrected chi connectivity index (χ3v) is 3.37. The maximum Gasteiger partial charge on any atom is 0.241 e. The van der Waals surface area contributed by atoms with Crippen LogP contribution in [0.3, 0.4) is 0 Å². The Labute approximate surface area is 102 Å². The van der Waals surface area contributed by atoms with Crippen molar-refractivity contribution < 1.29 is 4.52 Å². The maximum absolute atomic E-state index is 5.12. The molecular weight excluding hydrogens is 238 g/mol. The van der Waals surface area contributed by atoms with Crippen LogP contribution in [0, 0.1) is 0 Å². The van der Waals surface area contributed by atoms with E-state index in [-0.39, 0.29) is 0 Å². The van der Waals surface area contributed by atoms with E-state index >= 15 is 0 Å². The SMILES string of the molecule is c1cnc(-c2noc(CNSC3CC3)n2)cn1. The largest absolute Gasteiger partial charge is 0.337 e. The summed E-state index contributed by atoms with van der Waals surface area (Å²) in [7, 11) is 0. The summed E-state index contributed by atoms with van der Waals surface area (Å²) in [4.78, 5) is 12.3. The lowest BCUT2D eigenvalue weighted by atomic mass is 10.4. The van der Waals surface area contributed by atoms with Crippen molar-refractivity contribution in [1.82, 2.24) is 24.8 Å². The second-order valence-corrected chi connectivity index (χ2v) is 4.93. The molecule has 0 bridgehead atoms. The second-order valence-electron chi connectivity index (χ2n) is 3.74. The monoisotopic (exact) mass is 249 g/mol. The fourth-order valence-electron chi connectivity index (χ4n) is 1.25. The lowest BCUT2D eigenvalue weighted by Crippen LogP contribution is -2.04. The van der Waals surface area contributed by atoms with Gasteiger partial charge in [0.25, 0.3) is 0 Å². The normalized spacial score (nSPS) is 15.1. The summed E-state index contributed by atoms with van der Waals surface area (Å²) >= 11 is 1.74. The van der Waals surface area contributed by atoms with E-state index < -0.39 is 0 Å².